The zero-order valence-corrected chi connectivity index (χ0v) is 16.0. The molecule has 0 spiro atoms. The number of nitrogens with two attached hydrogens (primary N) is 2. The topological polar surface area (TPSA) is 187 Å². The number of hydrogen-bond donors (Lipinski definition) is 4. The molecule has 2 rings (SSSR count). The summed E-state index contributed by atoms with van der Waals surface area (Å²) in [6.45, 7) is 2.48. The smallest absolute Gasteiger partial charge is 0.294 e. The van der Waals surface area contributed by atoms with Crippen LogP contribution in [0.25, 0.3) is 0 Å². The van der Waals surface area contributed by atoms with Crippen molar-refractivity contribution < 1.29 is 17.9 Å². The monoisotopic (exact) mass is 410 g/mol. The summed E-state index contributed by atoms with van der Waals surface area (Å²) in [7, 11) is -4.02. The van der Waals surface area contributed by atoms with E-state index >= 15 is 0 Å². The molecular formula is C16H22N6O5S. The quantitative estimate of drug-likeness (QED) is 0.100. The minimum absolute atomic E-state index is 0.0324. The average molecular weight is 410 g/mol. The van der Waals surface area contributed by atoms with Gasteiger partial charge in [0.25, 0.3) is 15.8 Å². The zero-order valence-electron chi connectivity index (χ0n) is 15.1. The lowest BCUT2D eigenvalue weighted by atomic mass is 10.2. The van der Waals surface area contributed by atoms with E-state index in [1.54, 1.807) is 18.2 Å². The van der Waals surface area contributed by atoms with Crippen LogP contribution >= 0.6 is 0 Å². The molecule has 0 radical (unpaired) electrons. The summed E-state index contributed by atoms with van der Waals surface area (Å²) in [5, 5.41) is 16.7. The maximum Gasteiger partial charge on any atom is 0.294 e. The summed E-state index contributed by atoms with van der Waals surface area (Å²) in [6, 6.07) is 8.94. The van der Waals surface area contributed by atoms with E-state index < -0.39 is 15.0 Å². The molecule has 28 heavy (non-hydrogen) atoms. The molecule has 11 nitrogen and oxygen atoms in total. The van der Waals surface area contributed by atoms with Crippen LogP contribution < -0.4 is 16.9 Å². The molecule has 0 atom stereocenters. The lowest BCUT2D eigenvalue weighted by Crippen LogP contribution is -2.15. The molecule has 0 saturated heterocycles. The first-order chi connectivity index (χ1) is 13.1. The Bertz CT molecular complexity index is 898. The van der Waals surface area contributed by atoms with Crippen molar-refractivity contribution in [3.8, 4) is 0 Å². The molecular weight excluding hydrogens is 388 g/mol. The predicted octanol–water partition coefficient (Wildman–Crippen LogP) is 1.65. The maximum absolute atomic E-state index is 10.5. The van der Waals surface area contributed by atoms with E-state index in [1.807, 2.05) is 6.92 Å². The molecule has 0 bridgehead atoms. The third-order valence-corrected chi connectivity index (χ3v) is 4.23. The summed E-state index contributed by atoms with van der Waals surface area (Å²) in [6.07, 6.45) is 2.56. The Hall–Kier alpha value is -3.25. The van der Waals surface area contributed by atoms with Crippen LogP contribution in [0.1, 0.15) is 18.4 Å². The number of anilines is 1. The summed E-state index contributed by atoms with van der Waals surface area (Å²) >= 11 is 0. The molecule has 1 aromatic heterocycles. The Morgan fingerprint density at radius 3 is 2.39 bits per heavy atom. The number of rotatable bonds is 7. The second kappa shape index (κ2) is 10.8. The highest BCUT2D eigenvalue weighted by atomic mass is 32.2. The van der Waals surface area contributed by atoms with E-state index in [4.69, 9.17) is 16.1 Å². The highest BCUT2D eigenvalue weighted by molar-refractivity contribution is 7.85. The van der Waals surface area contributed by atoms with Gasteiger partial charge in [-0.3, -0.25) is 14.7 Å². The maximum atomic E-state index is 10.5. The average Bonchev–Trinajstić information content (AvgIpc) is 2.65. The molecule has 0 aliphatic carbocycles. The number of nitrogens with zero attached hydrogens (tertiary/aromatic N) is 3. The highest BCUT2D eigenvalue weighted by Gasteiger charge is 2.07. The van der Waals surface area contributed by atoms with Gasteiger partial charge in [-0.05, 0) is 31.5 Å². The first-order valence-electron chi connectivity index (χ1n) is 8.04. The van der Waals surface area contributed by atoms with Gasteiger partial charge in [0.05, 0.1) is 9.82 Å². The van der Waals surface area contributed by atoms with Crippen LogP contribution in [0.4, 0.5) is 11.5 Å². The van der Waals surface area contributed by atoms with Crippen molar-refractivity contribution in [2.75, 3.05) is 11.9 Å². The summed E-state index contributed by atoms with van der Waals surface area (Å²) in [4.78, 5) is 13.7. The van der Waals surface area contributed by atoms with Crippen LogP contribution in [-0.4, -0.2) is 35.3 Å². The Balaban J connectivity index is 0.000000307. The van der Waals surface area contributed by atoms with Crippen LogP contribution in [0, 0.1) is 17.0 Å². The third kappa shape index (κ3) is 8.42. The fraction of sp³-hybridized carbons (Fsp3) is 0.250. The normalized spacial score (nSPS) is 11.3. The van der Waals surface area contributed by atoms with Crippen molar-refractivity contribution in [2.45, 2.75) is 24.7 Å². The minimum Gasteiger partial charge on any atom is -0.386 e. The zero-order chi connectivity index (χ0) is 21.2. The van der Waals surface area contributed by atoms with Crippen molar-refractivity contribution in [1.29, 1.82) is 0 Å². The molecule has 0 saturated carbocycles. The van der Waals surface area contributed by atoms with E-state index in [9.17, 15) is 18.5 Å². The van der Waals surface area contributed by atoms with E-state index in [0.717, 1.165) is 12.0 Å². The van der Waals surface area contributed by atoms with Gasteiger partial charge in [-0.2, -0.15) is 13.5 Å². The summed E-state index contributed by atoms with van der Waals surface area (Å²) < 4.78 is 29.6. The molecule has 0 aliphatic rings. The number of nitrogens with one attached hydrogen (secondary N) is 1. The summed E-state index contributed by atoms with van der Waals surface area (Å²) in [5.74, 6) is 5.95. The van der Waals surface area contributed by atoms with Gasteiger partial charge in [-0.1, -0.05) is 17.7 Å². The first kappa shape index (κ1) is 22.8. The number of nitro groups is 1. The molecule has 0 unspecified atom stereocenters. The van der Waals surface area contributed by atoms with Gasteiger partial charge < -0.3 is 16.9 Å². The first-order valence-corrected chi connectivity index (χ1v) is 9.48. The van der Waals surface area contributed by atoms with Gasteiger partial charge in [-0.15, -0.1) is 0 Å². The van der Waals surface area contributed by atoms with Gasteiger partial charge in [-0.25, -0.2) is 4.98 Å². The van der Waals surface area contributed by atoms with Gasteiger partial charge in [0.2, 0.25) is 0 Å². The van der Waals surface area contributed by atoms with Crippen LogP contribution in [-0.2, 0) is 10.1 Å². The number of pyridine rings is 1. The molecule has 1 aromatic carbocycles. The number of aryl methyl sites for hydroxylation is 1. The number of hydrazone groups is 1. The van der Waals surface area contributed by atoms with Gasteiger partial charge in [0, 0.05) is 19.0 Å². The van der Waals surface area contributed by atoms with Crippen LogP contribution in [0.2, 0.25) is 0 Å². The molecule has 6 N–H and O–H groups in total. The standard InChI is InChI=1S/C9H14N6O2.C7H8O3S/c10-8(14-11)2-1-5-12-9-4-3-7(6-13-9)15(16)17;1-6-2-4-7(5-3-6)11(8,9)10/h3-4,6H,1-2,5,11H2,(H2,10,14)(H,12,13);2-5H,1H3,(H,8,9,10). The van der Waals surface area contributed by atoms with E-state index in [1.165, 1.54) is 24.4 Å². The van der Waals surface area contributed by atoms with Crippen LogP contribution in [0.15, 0.2) is 52.6 Å². The van der Waals surface area contributed by atoms with Crippen LogP contribution in [0.3, 0.4) is 0 Å². The van der Waals surface area contributed by atoms with Crippen molar-refractivity contribution >= 4 is 27.5 Å². The number of aromatic nitrogens is 1. The van der Waals surface area contributed by atoms with Gasteiger partial charge in [0.1, 0.15) is 17.9 Å². The van der Waals surface area contributed by atoms with Crippen molar-refractivity contribution in [1.82, 2.24) is 4.98 Å². The fourth-order valence-corrected chi connectivity index (χ4v) is 2.34. The van der Waals surface area contributed by atoms with E-state index in [2.05, 4.69) is 15.4 Å². The number of hydrogen-bond acceptors (Lipinski definition) is 8. The Morgan fingerprint density at radius 2 is 1.93 bits per heavy atom. The largest absolute Gasteiger partial charge is 0.386 e. The molecule has 0 amide bonds. The van der Waals surface area contributed by atoms with Gasteiger partial charge >= 0.3 is 0 Å². The SMILES string of the molecule is Cc1ccc(S(=O)(=O)O)cc1.NN=C(N)CCCNc1ccc([N+](=O)[O-])cn1. The lowest BCUT2D eigenvalue weighted by Gasteiger charge is -2.04. The third-order valence-electron chi connectivity index (χ3n) is 3.36. The van der Waals surface area contributed by atoms with Crippen molar-refractivity contribution in [2.24, 2.45) is 16.7 Å². The Morgan fingerprint density at radius 1 is 1.29 bits per heavy atom. The lowest BCUT2D eigenvalue weighted by molar-refractivity contribution is -0.385. The number of benzene rings is 1. The predicted molar refractivity (Wildman–Crippen MR) is 105 cm³/mol. The molecule has 152 valence electrons. The van der Waals surface area contributed by atoms with Crippen molar-refractivity contribution in [3.05, 3.63) is 58.3 Å². The Kier molecular flexibility index (Phi) is 8.78. The highest BCUT2D eigenvalue weighted by Crippen LogP contribution is 2.11. The summed E-state index contributed by atoms with van der Waals surface area (Å²) in [5.41, 5.74) is 6.34. The second-order valence-corrected chi connectivity index (χ2v) is 7.02. The fourth-order valence-electron chi connectivity index (χ4n) is 1.86. The van der Waals surface area contributed by atoms with Gasteiger partial charge in [0.15, 0.2) is 0 Å². The number of amidine groups is 1. The second-order valence-electron chi connectivity index (χ2n) is 5.60. The van der Waals surface area contributed by atoms with E-state index in [-0.39, 0.29) is 10.6 Å². The minimum atomic E-state index is -4.02. The molecule has 1 heterocycles. The van der Waals surface area contributed by atoms with Crippen molar-refractivity contribution in [3.63, 3.8) is 0 Å². The molecule has 0 fully saturated rings. The molecule has 0 aliphatic heterocycles. The molecule has 12 heteroatoms. The van der Waals surface area contributed by atoms with Crippen LogP contribution in [0.5, 0.6) is 0 Å². The van der Waals surface area contributed by atoms with E-state index in [0.29, 0.717) is 24.6 Å². The molecule has 2 aromatic rings. The Labute approximate surface area is 162 Å².